The average Bonchev–Trinajstić information content (AvgIpc) is 2.98. The van der Waals surface area contributed by atoms with Gasteiger partial charge in [-0.25, -0.2) is 9.18 Å². The number of rotatable bonds is 6. The van der Waals surface area contributed by atoms with E-state index in [1.807, 2.05) is 29.1 Å². The molecular formula is C15H18FN3O2. The highest BCUT2D eigenvalue weighted by Gasteiger charge is 2.12. The highest BCUT2D eigenvalue weighted by Crippen LogP contribution is 2.15. The van der Waals surface area contributed by atoms with Crippen molar-refractivity contribution in [3.8, 4) is 0 Å². The number of halogens is 1. The monoisotopic (exact) mass is 291 g/mol. The molecule has 1 unspecified atom stereocenters. The summed E-state index contributed by atoms with van der Waals surface area (Å²) in [6, 6.07) is 9.38. The number of urea groups is 1. The van der Waals surface area contributed by atoms with Gasteiger partial charge in [0, 0.05) is 37.6 Å². The second-order valence-electron chi connectivity index (χ2n) is 4.59. The lowest BCUT2D eigenvalue weighted by Gasteiger charge is -2.13. The smallest absolute Gasteiger partial charge is 0.314 e. The summed E-state index contributed by atoms with van der Waals surface area (Å²) in [5.74, 6) is -0.486. The Morgan fingerprint density at radius 2 is 1.90 bits per heavy atom. The molecule has 0 aliphatic rings. The fraction of sp³-hybridized carbons (Fsp3) is 0.267. The van der Waals surface area contributed by atoms with E-state index >= 15 is 0 Å². The Morgan fingerprint density at radius 3 is 2.62 bits per heavy atom. The molecule has 0 saturated carbocycles. The molecule has 1 aromatic carbocycles. The zero-order valence-electron chi connectivity index (χ0n) is 11.5. The molecule has 0 bridgehead atoms. The zero-order chi connectivity index (χ0) is 15.1. The van der Waals surface area contributed by atoms with E-state index in [1.165, 1.54) is 12.1 Å². The highest BCUT2D eigenvalue weighted by molar-refractivity contribution is 5.73. The van der Waals surface area contributed by atoms with Gasteiger partial charge in [0.15, 0.2) is 0 Å². The van der Waals surface area contributed by atoms with Crippen molar-refractivity contribution in [2.24, 2.45) is 0 Å². The van der Waals surface area contributed by atoms with Crippen LogP contribution in [-0.2, 0) is 6.54 Å². The number of carbonyl (C=O) groups excluding carboxylic acids is 1. The van der Waals surface area contributed by atoms with Gasteiger partial charge in [0.2, 0.25) is 0 Å². The number of aromatic nitrogens is 1. The molecule has 0 aliphatic heterocycles. The standard InChI is InChI=1S/C15H18FN3O2/c16-13-6-2-1-5-12(13)14(20)11-18-15(21)17-7-10-19-8-3-4-9-19/h1-6,8-9,14,20H,7,10-11H2,(H2,17,18,21). The summed E-state index contributed by atoms with van der Waals surface area (Å²) in [6.07, 6.45) is 2.74. The number of aliphatic hydroxyl groups is 1. The molecule has 0 fully saturated rings. The van der Waals surface area contributed by atoms with Crippen molar-refractivity contribution in [3.05, 3.63) is 60.2 Å². The van der Waals surface area contributed by atoms with Gasteiger partial charge >= 0.3 is 6.03 Å². The van der Waals surface area contributed by atoms with Gasteiger partial charge in [0.05, 0.1) is 6.10 Å². The Kier molecular flexibility index (Phi) is 5.34. The number of carbonyl (C=O) groups is 1. The van der Waals surface area contributed by atoms with Crippen LogP contribution in [0, 0.1) is 5.82 Å². The third-order valence-electron chi connectivity index (χ3n) is 3.04. The van der Waals surface area contributed by atoms with Gasteiger partial charge in [-0.05, 0) is 18.2 Å². The van der Waals surface area contributed by atoms with Gasteiger partial charge < -0.3 is 20.3 Å². The van der Waals surface area contributed by atoms with Crippen LogP contribution in [-0.4, -0.2) is 28.8 Å². The van der Waals surface area contributed by atoms with Gasteiger partial charge in [-0.2, -0.15) is 0 Å². The summed E-state index contributed by atoms with van der Waals surface area (Å²) in [5, 5.41) is 15.0. The molecule has 1 heterocycles. The minimum Gasteiger partial charge on any atom is -0.386 e. The molecule has 1 atom stereocenters. The lowest BCUT2D eigenvalue weighted by atomic mass is 10.1. The first-order valence-corrected chi connectivity index (χ1v) is 6.72. The molecule has 0 aliphatic carbocycles. The van der Waals surface area contributed by atoms with Gasteiger partial charge in [0.25, 0.3) is 0 Å². The first kappa shape index (κ1) is 15.1. The van der Waals surface area contributed by atoms with Crippen LogP contribution in [0.3, 0.4) is 0 Å². The Balaban J connectivity index is 1.70. The van der Waals surface area contributed by atoms with Crippen LogP contribution in [0.4, 0.5) is 9.18 Å². The molecule has 6 heteroatoms. The molecule has 21 heavy (non-hydrogen) atoms. The third-order valence-corrected chi connectivity index (χ3v) is 3.04. The summed E-state index contributed by atoms with van der Waals surface area (Å²) < 4.78 is 15.4. The second-order valence-corrected chi connectivity index (χ2v) is 4.59. The van der Waals surface area contributed by atoms with E-state index < -0.39 is 18.0 Å². The van der Waals surface area contributed by atoms with Crippen molar-refractivity contribution < 1.29 is 14.3 Å². The van der Waals surface area contributed by atoms with E-state index in [9.17, 15) is 14.3 Å². The van der Waals surface area contributed by atoms with E-state index in [4.69, 9.17) is 0 Å². The number of benzene rings is 1. The predicted molar refractivity (Wildman–Crippen MR) is 77.2 cm³/mol. The van der Waals surface area contributed by atoms with Crippen molar-refractivity contribution in [1.82, 2.24) is 15.2 Å². The molecule has 0 saturated heterocycles. The Bertz CT molecular complexity index is 572. The molecule has 0 spiro atoms. The molecule has 5 nitrogen and oxygen atoms in total. The largest absolute Gasteiger partial charge is 0.386 e. The van der Waals surface area contributed by atoms with Crippen molar-refractivity contribution in [2.45, 2.75) is 12.6 Å². The number of nitrogens with one attached hydrogen (secondary N) is 2. The summed E-state index contributed by atoms with van der Waals surface area (Å²) in [5.41, 5.74) is 0.171. The maximum absolute atomic E-state index is 13.4. The number of aliphatic hydroxyl groups excluding tert-OH is 1. The van der Waals surface area contributed by atoms with E-state index in [0.717, 1.165) is 0 Å². The molecule has 0 radical (unpaired) electrons. The van der Waals surface area contributed by atoms with Crippen LogP contribution >= 0.6 is 0 Å². The normalized spacial score (nSPS) is 11.9. The van der Waals surface area contributed by atoms with Crippen molar-refractivity contribution in [3.63, 3.8) is 0 Å². The zero-order valence-corrected chi connectivity index (χ0v) is 11.5. The van der Waals surface area contributed by atoms with Crippen LogP contribution in [0.25, 0.3) is 0 Å². The molecule has 2 rings (SSSR count). The second kappa shape index (κ2) is 7.44. The van der Waals surface area contributed by atoms with Gasteiger partial charge in [0.1, 0.15) is 5.82 Å². The van der Waals surface area contributed by atoms with Gasteiger partial charge in [-0.15, -0.1) is 0 Å². The number of hydrogen-bond donors (Lipinski definition) is 3. The van der Waals surface area contributed by atoms with Crippen LogP contribution in [0.1, 0.15) is 11.7 Å². The summed E-state index contributed by atoms with van der Waals surface area (Å²) in [4.78, 5) is 11.6. The topological polar surface area (TPSA) is 66.3 Å². The Labute approximate surface area is 122 Å². The number of nitrogens with zero attached hydrogens (tertiary/aromatic N) is 1. The number of amides is 2. The van der Waals surface area contributed by atoms with Gasteiger partial charge in [-0.3, -0.25) is 0 Å². The summed E-state index contributed by atoms with van der Waals surface area (Å²) >= 11 is 0. The predicted octanol–water partition coefficient (Wildman–Crippen LogP) is 1.66. The van der Waals surface area contributed by atoms with Crippen LogP contribution in [0.15, 0.2) is 48.8 Å². The maximum Gasteiger partial charge on any atom is 0.314 e. The lowest BCUT2D eigenvalue weighted by molar-refractivity contribution is 0.169. The quantitative estimate of drug-likeness (QED) is 0.758. The molecule has 1 aromatic heterocycles. The molecule has 2 aromatic rings. The van der Waals surface area contributed by atoms with E-state index in [1.54, 1.807) is 12.1 Å². The minimum atomic E-state index is -1.07. The highest BCUT2D eigenvalue weighted by atomic mass is 19.1. The minimum absolute atomic E-state index is 0.0454. The summed E-state index contributed by atoms with van der Waals surface area (Å²) in [6.45, 7) is 1.09. The first-order chi connectivity index (χ1) is 10.2. The first-order valence-electron chi connectivity index (χ1n) is 6.72. The molecule has 112 valence electrons. The van der Waals surface area contributed by atoms with Crippen molar-refractivity contribution in [1.29, 1.82) is 0 Å². The van der Waals surface area contributed by atoms with E-state index in [-0.39, 0.29) is 12.1 Å². The van der Waals surface area contributed by atoms with Crippen LogP contribution in [0.5, 0.6) is 0 Å². The summed E-state index contributed by atoms with van der Waals surface area (Å²) in [7, 11) is 0. The van der Waals surface area contributed by atoms with Crippen LogP contribution < -0.4 is 10.6 Å². The number of hydrogen-bond acceptors (Lipinski definition) is 2. The maximum atomic E-state index is 13.4. The van der Waals surface area contributed by atoms with E-state index in [2.05, 4.69) is 10.6 Å². The van der Waals surface area contributed by atoms with Crippen LogP contribution in [0.2, 0.25) is 0 Å². The Hall–Kier alpha value is -2.34. The lowest BCUT2D eigenvalue weighted by Crippen LogP contribution is -2.39. The van der Waals surface area contributed by atoms with Gasteiger partial charge in [-0.1, -0.05) is 18.2 Å². The molecule has 2 amide bonds. The van der Waals surface area contributed by atoms with Crippen molar-refractivity contribution in [2.75, 3.05) is 13.1 Å². The third kappa shape index (κ3) is 4.61. The molecule has 3 N–H and O–H groups in total. The molecular weight excluding hydrogens is 273 g/mol. The fourth-order valence-corrected chi connectivity index (χ4v) is 1.92. The van der Waals surface area contributed by atoms with E-state index in [0.29, 0.717) is 13.1 Å². The average molecular weight is 291 g/mol. The SMILES string of the molecule is O=C(NCCn1cccc1)NCC(O)c1ccccc1F. The Morgan fingerprint density at radius 1 is 1.19 bits per heavy atom. The van der Waals surface area contributed by atoms with Crippen molar-refractivity contribution >= 4 is 6.03 Å². The fourth-order valence-electron chi connectivity index (χ4n) is 1.92.